The van der Waals surface area contributed by atoms with Crippen molar-refractivity contribution in [2.45, 2.75) is 25.9 Å². The Balaban J connectivity index is 2.14. The van der Waals surface area contributed by atoms with Gasteiger partial charge in [-0.25, -0.2) is 9.55 Å². The van der Waals surface area contributed by atoms with Crippen molar-refractivity contribution in [3.05, 3.63) is 22.1 Å². The third kappa shape index (κ3) is 3.33. The van der Waals surface area contributed by atoms with E-state index in [1.54, 1.807) is 11.5 Å². The number of aliphatic hydroxyl groups excluding tert-OH is 1. The van der Waals surface area contributed by atoms with Crippen LogP contribution in [0.1, 0.15) is 12.2 Å². The second-order valence-electron chi connectivity index (χ2n) is 4.85. The van der Waals surface area contributed by atoms with Crippen LogP contribution in [-0.2, 0) is 11.3 Å². The van der Waals surface area contributed by atoms with Crippen LogP contribution < -0.4 is 0 Å². The monoisotopic (exact) mass is 284 g/mol. The molecule has 0 aromatic carbocycles. The average Bonchev–Trinajstić information content (AvgIpc) is 2.81. The lowest BCUT2D eigenvalue weighted by Gasteiger charge is -2.33. The van der Waals surface area contributed by atoms with Gasteiger partial charge < -0.3 is 20.0 Å². The third-order valence-corrected chi connectivity index (χ3v) is 3.64. The molecule has 1 aromatic rings. The van der Waals surface area contributed by atoms with Crippen molar-refractivity contribution < 1.29 is 14.8 Å². The molecule has 0 saturated carbocycles. The largest absolute Gasteiger partial charge is 0.396 e. The Kier molecular flexibility index (Phi) is 5.05. The van der Waals surface area contributed by atoms with E-state index in [2.05, 4.69) is 9.88 Å². The highest BCUT2D eigenvalue weighted by atomic mass is 16.6. The predicted octanol–water partition coefficient (Wildman–Crippen LogP) is 0.183. The van der Waals surface area contributed by atoms with E-state index in [-0.39, 0.29) is 18.5 Å². The van der Waals surface area contributed by atoms with Crippen molar-refractivity contribution in [2.75, 3.05) is 32.9 Å². The lowest BCUT2D eigenvalue weighted by atomic mass is 10.1. The Morgan fingerprint density at radius 3 is 2.85 bits per heavy atom. The number of nitro groups is 1. The highest BCUT2D eigenvalue weighted by Gasteiger charge is 2.26. The molecule has 0 radical (unpaired) electrons. The number of aliphatic hydroxyl groups is 1. The molecule has 1 aliphatic heterocycles. The molecule has 1 aromatic heterocycles. The summed E-state index contributed by atoms with van der Waals surface area (Å²) in [6, 6.07) is 0.0514. The average molecular weight is 284 g/mol. The van der Waals surface area contributed by atoms with Gasteiger partial charge in [0.15, 0.2) is 5.82 Å². The fourth-order valence-electron chi connectivity index (χ4n) is 2.52. The summed E-state index contributed by atoms with van der Waals surface area (Å²) in [5, 5.41) is 20.2. The van der Waals surface area contributed by atoms with Gasteiger partial charge in [-0.15, -0.1) is 0 Å². The zero-order valence-corrected chi connectivity index (χ0v) is 11.6. The SMILES string of the molecule is Cc1ncc([N+](=O)[O-])n1CC(CCO)N1CCOCC1. The van der Waals surface area contributed by atoms with Gasteiger partial charge in [-0.05, 0) is 11.3 Å². The highest BCUT2D eigenvalue weighted by molar-refractivity contribution is 5.19. The summed E-state index contributed by atoms with van der Waals surface area (Å²) in [5.41, 5.74) is 0. The molecular weight excluding hydrogens is 264 g/mol. The van der Waals surface area contributed by atoms with Crippen molar-refractivity contribution in [3.8, 4) is 0 Å². The summed E-state index contributed by atoms with van der Waals surface area (Å²) in [7, 11) is 0. The van der Waals surface area contributed by atoms with Crippen LogP contribution in [0.2, 0.25) is 0 Å². The molecule has 1 aliphatic rings. The maximum atomic E-state index is 11.0. The topological polar surface area (TPSA) is 93.7 Å². The Hall–Kier alpha value is -1.51. The lowest BCUT2D eigenvalue weighted by molar-refractivity contribution is -0.392. The normalized spacial score (nSPS) is 18.1. The van der Waals surface area contributed by atoms with Gasteiger partial charge in [0.2, 0.25) is 0 Å². The van der Waals surface area contributed by atoms with Gasteiger partial charge in [-0.1, -0.05) is 0 Å². The maximum Gasteiger partial charge on any atom is 0.342 e. The van der Waals surface area contributed by atoms with Crippen LogP contribution >= 0.6 is 0 Å². The Labute approximate surface area is 117 Å². The Morgan fingerprint density at radius 2 is 2.25 bits per heavy atom. The third-order valence-electron chi connectivity index (χ3n) is 3.64. The minimum atomic E-state index is -0.421. The number of aryl methyl sites for hydroxylation is 1. The fraction of sp³-hybridized carbons (Fsp3) is 0.750. The number of ether oxygens (including phenoxy) is 1. The molecule has 1 saturated heterocycles. The first-order chi connectivity index (χ1) is 9.63. The number of morpholine rings is 1. The Bertz CT molecular complexity index is 456. The van der Waals surface area contributed by atoms with E-state index in [9.17, 15) is 15.2 Å². The standard InChI is InChI=1S/C12H20N4O4/c1-10-13-8-12(16(18)19)15(10)9-11(2-5-17)14-3-6-20-7-4-14/h8,11,17H,2-7,9H2,1H3. The predicted molar refractivity (Wildman–Crippen MR) is 71.5 cm³/mol. The lowest BCUT2D eigenvalue weighted by Crippen LogP contribution is -2.46. The fourth-order valence-corrected chi connectivity index (χ4v) is 2.52. The molecule has 2 heterocycles. The van der Waals surface area contributed by atoms with E-state index < -0.39 is 4.92 Å². The van der Waals surface area contributed by atoms with Crippen molar-refractivity contribution in [3.63, 3.8) is 0 Å². The summed E-state index contributed by atoms with van der Waals surface area (Å²) in [6.07, 6.45) is 1.86. The number of nitrogens with zero attached hydrogens (tertiary/aromatic N) is 4. The first-order valence-corrected chi connectivity index (χ1v) is 6.72. The number of hydrogen-bond acceptors (Lipinski definition) is 6. The first kappa shape index (κ1) is 14.9. The van der Waals surface area contributed by atoms with E-state index >= 15 is 0 Å². The van der Waals surface area contributed by atoms with Gasteiger partial charge in [0, 0.05) is 32.7 Å². The minimum absolute atomic E-state index is 0.00120. The number of hydrogen-bond donors (Lipinski definition) is 1. The van der Waals surface area contributed by atoms with E-state index in [4.69, 9.17) is 4.74 Å². The molecule has 2 rings (SSSR count). The molecular formula is C12H20N4O4. The van der Waals surface area contributed by atoms with Gasteiger partial charge in [-0.3, -0.25) is 4.90 Å². The summed E-state index contributed by atoms with van der Waals surface area (Å²) >= 11 is 0. The molecule has 0 aliphatic carbocycles. The van der Waals surface area contributed by atoms with E-state index in [0.29, 0.717) is 32.0 Å². The molecule has 1 N–H and O–H groups in total. The molecule has 1 unspecified atom stereocenters. The molecule has 0 bridgehead atoms. The smallest absolute Gasteiger partial charge is 0.342 e. The number of aromatic nitrogens is 2. The quantitative estimate of drug-likeness (QED) is 0.591. The summed E-state index contributed by atoms with van der Waals surface area (Å²) in [4.78, 5) is 16.8. The van der Waals surface area contributed by atoms with Crippen molar-refractivity contribution in [2.24, 2.45) is 0 Å². The van der Waals surface area contributed by atoms with Gasteiger partial charge >= 0.3 is 5.82 Å². The maximum absolute atomic E-state index is 11.0. The van der Waals surface area contributed by atoms with E-state index in [1.807, 2.05) is 0 Å². The van der Waals surface area contributed by atoms with Crippen molar-refractivity contribution >= 4 is 5.82 Å². The van der Waals surface area contributed by atoms with Gasteiger partial charge in [0.05, 0.1) is 13.2 Å². The Morgan fingerprint density at radius 1 is 1.55 bits per heavy atom. The van der Waals surface area contributed by atoms with Crippen LogP contribution in [0, 0.1) is 17.0 Å². The van der Waals surface area contributed by atoms with Crippen molar-refractivity contribution in [1.29, 1.82) is 0 Å². The molecule has 0 amide bonds. The first-order valence-electron chi connectivity index (χ1n) is 6.72. The number of imidazole rings is 1. The zero-order chi connectivity index (χ0) is 14.5. The van der Waals surface area contributed by atoms with E-state index in [0.717, 1.165) is 13.1 Å². The highest BCUT2D eigenvalue weighted by Crippen LogP contribution is 2.18. The van der Waals surface area contributed by atoms with Crippen LogP contribution in [0.5, 0.6) is 0 Å². The second kappa shape index (κ2) is 6.78. The molecule has 8 nitrogen and oxygen atoms in total. The van der Waals surface area contributed by atoms with Crippen LogP contribution in [-0.4, -0.2) is 63.4 Å². The molecule has 8 heteroatoms. The molecule has 112 valence electrons. The van der Waals surface area contributed by atoms with Gasteiger partial charge in [-0.2, -0.15) is 0 Å². The van der Waals surface area contributed by atoms with Crippen LogP contribution in [0.3, 0.4) is 0 Å². The molecule has 20 heavy (non-hydrogen) atoms. The summed E-state index contributed by atoms with van der Waals surface area (Å²) < 4.78 is 6.92. The minimum Gasteiger partial charge on any atom is -0.396 e. The molecule has 1 fully saturated rings. The van der Waals surface area contributed by atoms with Gasteiger partial charge in [0.1, 0.15) is 12.7 Å². The molecule has 0 spiro atoms. The molecule has 1 atom stereocenters. The van der Waals surface area contributed by atoms with Gasteiger partial charge in [0.25, 0.3) is 0 Å². The summed E-state index contributed by atoms with van der Waals surface area (Å²) in [6.45, 7) is 5.16. The summed E-state index contributed by atoms with van der Waals surface area (Å²) in [5.74, 6) is 0.617. The van der Waals surface area contributed by atoms with Crippen LogP contribution in [0.4, 0.5) is 5.82 Å². The number of rotatable bonds is 6. The van der Waals surface area contributed by atoms with E-state index in [1.165, 1.54) is 6.20 Å². The zero-order valence-electron chi connectivity index (χ0n) is 11.6. The second-order valence-corrected chi connectivity index (χ2v) is 4.85. The van der Waals surface area contributed by atoms with Crippen LogP contribution in [0.15, 0.2) is 6.20 Å². The van der Waals surface area contributed by atoms with Crippen molar-refractivity contribution in [1.82, 2.24) is 14.5 Å². The van der Waals surface area contributed by atoms with Crippen LogP contribution in [0.25, 0.3) is 0 Å².